The van der Waals surface area contributed by atoms with E-state index in [2.05, 4.69) is 10.6 Å². The molecule has 2 aromatic rings. The molecule has 1 aromatic carbocycles. The molecule has 0 saturated carbocycles. The Labute approximate surface area is 197 Å². The van der Waals surface area contributed by atoms with E-state index in [1.807, 2.05) is 13.0 Å². The standard InChI is InChI=1S/C24H31N3O7/c1-6-7-13-8-15-21(30)26-17-14(22(31)27(15)10-13)9-16(11(2)18(17)28)34-23-20(29)24(4,32)19(25-5)12(3)33-23/h6-10,12,19-21,23,25-26,28-30,32H,1-5H3/t12-,19-,20-,21+,23-,24+/m0/s1. The molecule has 34 heavy (non-hydrogen) atoms. The lowest BCUT2D eigenvalue weighted by molar-refractivity contribution is -0.272. The topological polar surface area (TPSA) is 145 Å². The van der Waals surface area contributed by atoms with Crippen LogP contribution in [-0.4, -0.2) is 68.1 Å². The SMILES string of the molecule is CC=Cc1cc2n(c1)C(=O)c1cc(O[C@@H]3O[C@@H](C)[C@H](NC)[C@@](C)(O)[C@H]3O)c(C)c(O)c1N[C@@H]2O. The predicted molar refractivity (Wildman–Crippen MR) is 125 cm³/mol. The first kappa shape index (κ1) is 24.2. The molecule has 10 nitrogen and oxygen atoms in total. The molecule has 3 heterocycles. The molecule has 6 N–H and O–H groups in total. The third-order valence-electron chi connectivity index (χ3n) is 6.61. The average Bonchev–Trinajstić information content (AvgIpc) is 3.17. The number of hydrogen-bond donors (Lipinski definition) is 6. The summed E-state index contributed by atoms with van der Waals surface area (Å²) in [5.41, 5.74) is -0.106. The molecule has 2 aliphatic rings. The van der Waals surface area contributed by atoms with Gasteiger partial charge in [-0.1, -0.05) is 12.2 Å². The van der Waals surface area contributed by atoms with Crippen molar-refractivity contribution in [2.45, 2.75) is 64.1 Å². The monoisotopic (exact) mass is 473 g/mol. The number of allylic oxidation sites excluding steroid dienone is 1. The van der Waals surface area contributed by atoms with Crippen LogP contribution in [0.5, 0.6) is 11.5 Å². The fourth-order valence-corrected chi connectivity index (χ4v) is 4.74. The lowest BCUT2D eigenvalue weighted by atomic mass is 9.84. The van der Waals surface area contributed by atoms with Gasteiger partial charge in [0.2, 0.25) is 6.29 Å². The summed E-state index contributed by atoms with van der Waals surface area (Å²) in [6.45, 7) is 6.65. The van der Waals surface area contributed by atoms with Crippen LogP contribution in [0.15, 0.2) is 24.4 Å². The minimum atomic E-state index is -1.57. The highest BCUT2D eigenvalue weighted by Crippen LogP contribution is 2.43. The summed E-state index contributed by atoms with van der Waals surface area (Å²) in [4.78, 5) is 13.4. The highest BCUT2D eigenvalue weighted by Gasteiger charge is 2.52. The number of aromatic hydroxyl groups is 1. The van der Waals surface area contributed by atoms with Crippen LogP contribution in [0.1, 0.15) is 54.2 Å². The third-order valence-corrected chi connectivity index (χ3v) is 6.61. The number of aromatic nitrogens is 1. The van der Waals surface area contributed by atoms with Gasteiger partial charge in [-0.3, -0.25) is 9.36 Å². The Hall–Kier alpha value is -2.89. The summed E-state index contributed by atoms with van der Waals surface area (Å²) < 4.78 is 13.0. The number of carbonyl (C=O) groups is 1. The van der Waals surface area contributed by atoms with Gasteiger partial charge in [0.1, 0.15) is 23.2 Å². The van der Waals surface area contributed by atoms with Crippen molar-refractivity contribution in [1.82, 2.24) is 9.88 Å². The number of aliphatic hydroxyl groups is 3. The summed E-state index contributed by atoms with van der Waals surface area (Å²) in [5, 5.41) is 48.9. The molecule has 2 aliphatic heterocycles. The van der Waals surface area contributed by atoms with Crippen molar-refractivity contribution in [3.05, 3.63) is 46.8 Å². The number of fused-ring (bicyclic) bond motifs is 2. The summed E-state index contributed by atoms with van der Waals surface area (Å²) in [6.07, 6.45) is 0.800. The van der Waals surface area contributed by atoms with Crippen LogP contribution in [0.25, 0.3) is 6.08 Å². The zero-order valence-corrected chi connectivity index (χ0v) is 19.7. The number of nitrogens with zero attached hydrogens (tertiary/aromatic N) is 1. The molecule has 1 aromatic heterocycles. The molecule has 0 amide bonds. The van der Waals surface area contributed by atoms with Crippen molar-refractivity contribution in [3.8, 4) is 11.5 Å². The molecule has 184 valence electrons. The van der Waals surface area contributed by atoms with E-state index in [-0.39, 0.29) is 28.3 Å². The lowest BCUT2D eigenvalue weighted by Crippen LogP contribution is -2.69. The number of ether oxygens (including phenoxy) is 2. The number of phenols is 1. The van der Waals surface area contributed by atoms with Crippen LogP contribution < -0.4 is 15.4 Å². The van der Waals surface area contributed by atoms with Crippen molar-refractivity contribution in [2.75, 3.05) is 12.4 Å². The predicted octanol–water partition coefficient (Wildman–Crippen LogP) is 1.46. The molecule has 0 bridgehead atoms. The van der Waals surface area contributed by atoms with Crippen molar-refractivity contribution in [3.63, 3.8) is 0 Å². The van der Waals surface area contributed by atoms with E-state index in [1.54, 1.807) is 39.2 Å². The van der Waals surface area contributed by atoms with Gasteiger partial charge in [0.05, 0.1) is 29.1 Å². The smallest absolute Gasteiger partial charge is 0.264 e. The number of aliphatic hydroxyl groups excluding tert-OH is 2. The van der Waals surface area contributed by atoms with E-state index in [1.165, 1.54) is 17.6 Å². The van der Waals surface area contributed by atoms with Gasteiger partial charge in [0.25, 0.3) is 5.91 Å². The number of rotatable bonds is 4. The second kappa shape index (κ2) is 8.71. The fraction of sp³-hybridized carbons (Fsp3) is 0.458. The first-order valence-electron chi connectivity index (χ1n) is 11.1. The molecular formula is C24H31N3O7. The van der Waals surface area contributed by atoms with Gasteiger partial charge in [-0.25, -0.2) is 0 Å². The van der Waals surface area contributed by atoms with Crippen LogP contribution in [0, 0.1) is 6.92 Å². The number of carbonyl (C=O) groups excluding carboxylic acids is 1. The van der Waals surface area contributed by atoms with Crippen molar-refractivity contribution < 1.29 is 34.7 Å². The quantitative estimate of drug-likeness (QED) is 0.364. The highest BCUT2D eigenvalue weighted by molar-refractivity contribution is 6.04. The number of benzene rings is 1. The Kier molecular flexibility index (Phi) is 6.21. The van der Waals surface area contributed by atoms with Crippen LogP contribution in [-0.2, 0) is 4.74 Å². The molecule has 1 fully saturated rings. The van der Waals surface area contributed by atoms with E-state index in [0.717, 1.165) is 5.56 Å². The first-order valence-corrected chi connectivity index (χ1v) is 11.1. The first-order chi connectivity index (χ1) is 16.0. The molecule has 0 spiro atoms. The van der Waals surface area contributed by atoms with Crippen LogP contribution in [0.2, 0.25) is 0 Å². The Bertz CT molecular complexity index is 1140. The van der Waals surface area contributed by atoms with Gasteiger partial charge in [0, 0.05) is 11.8 Å². The molecule has 0 radical (unpaired) electrons. The third kappa shape index (κ3) is 3.77. The molecular weight excluding hydrogens is 442 g/mol. The number of phenolic OH excluding ortho intramolecular Hbond substituents is 1. The van der Waals surface area contributed by atoms with Gasteiger partial charge in [0.15, 0.2) is 6.23 Å². The zero-order valence-electron chi connectivity index (χ0n) is 19.7. The van der Waals surface area contributed by atoms with E-state index in [9.17, 15) is 25.2 Å². The molecule has 1 saturated heterocycles. The van der Waals surface area contributed by atoms with Gasteiger partial charge < -0.3 is 40.5 Å². The van der Waals surface area contributed by atoms with Gasteiger partial charge in [-0.05, 0) is 52.4 Å². The van der Waals surface area contributed by atoms with Gasteiger partial charge in [-0.15, -0.1) is 0 Å². The van der Waals surface area contributed by atoms with Crippen LogP contribution >= 0.6 is 0 Å². The number of likely N-dealkylation sites (N-methyl/N-ethyl adjacent to an activating group) is 1. The maximum atomic E-state index is 13.4. The molecule has 0 aliphatic carbocycles. The fourth-order valence-electron chi connectivity index (χ4n) is 4.74. The van der Waals surface area contributed by atoms with Crippen LogP contribution in [0.4, 0.5) is 5.69 Å². The summed E-state index contributed by atoms with van der Waals surface area (Å²) in [7, 11) is 1.66. The Balaban J connectivity index is 1.74. The Morgan fingerprint density at radius 3 is 2.68 bits per heavy atom. The lowest BCUT2D eigenvalue weighted by Gasteiger charge is -2.47. The average molecular weight is 474 g/mol. The Morgan fingerprint density at radius 2 is 2.03 bits per heavy atom. The second-order valence-corrected chi connectivity index (χ2v) is 8.96. The summed E-state index contributed by atoms with van der Waals surface area (Å²) >= 11 is 0. The number of hydrogen-bond acceptors (Lipinski definition) is 9. The molecule has 10 heteroatoms. The van der Waals surface area contributed by atoms with Gasteiger partial charge in [-0.2, -0.15) is 0 Å². The van der Waals surface area contributed by atoms with E-state index >= 15 is 0 Å². The van der Waals surface area contributed by atoms with E-state index in [4.69, 9.17) is 9.47 Å². The van der Waals surface area contributed by atoms with Crippen molar-refractivity contribution >= 4 is 17.7 Å². The largest absolute Gasteiger partial charge is 0.505 e. The number of anilines is 1. The van der Waals surface area contributed by atoms with Crippen molar-refractivity contribution in [2.24, 2.45) is 0 Å². The van der Waals surface area contributed by atoms with E-state index < -0.39 is 42.3 Å². The second-order valence-electron chi connectivity index (χ2n) is 8.96. The maximum absolute atomic E-state index is 13.4. The normalized spacial score (nSPS) is 31.1. The minimum absolute atomic E-state index is 0.0664. The van der Waals surface area contributed by atoms with E-state index in [0.29, 0.717) is 5.69 Å². The highest BCUT2D eigenvalue weighted by atomic mass is 16.7. The molecule has 0 unspecified atom stereocenters. The summed E-state index contributed by atoms with van der Waals surface area (Å²) in [6, 6.07) is 2.56. The zero-order chi connectivity index (χ0) is 24.9. The number of nitrogens with one attached hydrogen (secondary N) is 2. The Morgan fingerprint density at radius 1 is 1.32 bits per heavy atom. The van der Waals surface area contributed by atoms with Gasteiger partial charge >= 0.3 is 0 Å². The molecule has 6 atom stereocenters. The minimum Gasteiger partial charge on any atom is -0.505 e. The summed E-state index contributed by atoms with van der Waals surface area (Å²) in [5.74, 6) is -0.664. The molecule has 4 rings (SSSR count). The van der Waals surface area contributed by atoms with Crippen LogP contribution in [0.3, 0.4) is 0 Å². The maximum Gasteiger partial charge on any atom is 0.264 e. The van der Waals surface area contributed by atoms with Crippen molar-refractivity contribution in [1.29, 1.82) is 0 Å².